The van der Waals surface area contributed by atoms with E-state index in [4.69, 9.17) is 9.72 Å². The number of nitrogens with zero attached hydrogens (tertiary/aromatic N) is 3. The van der Waals surface area contributed by atoms with E-state index in [1.807, 2.05) is 37.3 Å². The van der Waals surface area contributed by atoms with E-state index in [1.165, 1.54) is 18.2 Å². The van der Waals surface area contributed by atoms with Crippen LogP contribution in [0.4, 0.5) is 10.1 Å². The number of nitrogens with one attached hydrogen (secondary N) is 1. The summed E-state index contributed by atoms with van der Waals surface area (Å²) >= 11 is 0. The number of ether oxygens (including phenoxy) is 1. The maximum absolute atomic E-state index is 13.4. The molecule has 0 atom stereocenters. The van der Waals surface area contributed by atoms with Gasteiger partial charge in [0.25, 0.3) is 5.91 Å². The molecule has 0 unspecified atom stereocenters. The lowest BCUT2D eigenvalue weighted by molar-refractivity contribution is 0.102. The summed E-state index contributed by atoms with van der Waals surface area (Å²) in [5.74, 6) is 0.236. The fourth-order valence-corrected chi connectivity index (χ4v) is 3.42. The van der Waals surface area contributed by atoms with Crippen LogP contribution in [0.2, 0.25) is 0 Å². The smallest absolute Gasteiger partial charge is 0.255 e. The summed E-state index contributed by atoms with van der Waals surface area (Å²) in [5, 5.41) is 2.76. The summed E-state index contributed by atoms with van der Waals surface area (Å²) < 4.78 is 19.4. The standard InChI is InChI=1S/C27H19FN4O2/c1-17-8-9-19(15-29-17)26-16-30-24-11-10-23(14-25(24)32-26)34-22-7-3-6-21(13-22)31-27(33)18-4-2-5-20(28)12-18/h2-16H,1H3,(H,31,33). The van der Waals surface area contributed by atoms with Gasteiger partial charge in [-0.05, 0) is 61.5 Å². The van der Waals surface area contributed by atoms with E-state index in [0.29, 0.717) is 22.7 Å². The molecule has 0 spiro atoms. The minimum atomic E-state index is -0.467. The zero-order chi connectivity index (χ0) is 23.5. The number of benzene rings is 3. The van der Waals surface area contributed by atoms with Crippen LogP contribution in [0.15, 0.2) is 91.3 Å². The van der Waals surface area contributed by atoms with Gasteiger partial charge in [-0.1, -0.05) is 12.1 Å². The van der Waals surface area contributed by atoms with Gasteiger partial charge in [-0.2, -0.15) is 0 Å². The van der Waals surface area contributed by atoms with E-state index in [1.54, 1.807) is 42.7 Å². The molecular weight excluding hydrogens is 431 g/mol. The van der Waals surface area contributed by atoms with Crippen molar-refractivity contribution in [3.63, 3.8) is 0 Å². The molecule has 0 saturated heterocycles. The van der Waals surface area contributed by atoms with Crippen molar-refractivity contribution >= 4 is 22.6 Å². The van der Waals surface area contributed by atoms with Crippen molar-refractivity contribution in [2.24, 2.45) is 0 Å². The molecule has 1 N–H and O–H groups in total. The summed E-state index contributed by atoms with van der Waals surface area (Å²) in [6, 6.07) is 21.8. The maximum Gasteiger partial charge on any atom is 0.255 e. The lowest BCUT2D eigenvalue weighted by atomic mass is 10.2. The van der Waals surface area contributed by atoms with Gasteiger partial charge in [-0.3, -0.25) is 14.8 Å². The second-order valence-electron chi connectivity index (χ2n) is 7.69. The van der Waals surface area contributed by atoms with E-state index < -0.39 is 11.7 Å². The predicted molar refractivity (Wildman–Crippen MR) is 128 cm³/mol. The van der Waals surface area contributed by atoms with E-state index in [9.17, 15) is 9.18 Å². The molecule has 2 heterocycles. The van der Waals surface area contributed by atoms with Gasteiger partial charge in [-0.25, -0.2) is 9.37 Å². The van der Waals surface area contributed by atoms with Crippen LogP contribution in [0.5, 0.6) is 11.5 Å². The Bertz CT molecular complexity index is 1500. The van der Waals surface area contributed by atoms with Crippen LogP contribution in [-0.2, 0) is 0 Å². The lowest BCUT2D eigenvalue weighted by Crippen LogP contribution is -2.11. The highest BCUT2D eigenvalue weighted by Crippen LogP contribution is 2.27. The average Bonchev–Trinajstić information content (AvgIpc) is 2.84. The van der Waals surface area contributed by atoms with Crippen molar-refractivity contribution < 1.29 is 13.9 Å². The van der Waals surface area contributed by atoms with Gasteiger partial charge in [0.1, 0.15) is 17.3 Å². The highest BCUT2D eigenvalue weighted by Gasteiger charge is 2.09. The number of hydrogen-bond donors (Lipinski definition) is 1. The van der Waals surface area contributed by atoms with E-state index in [-0.39, 0.29) is 5.56 Å². The zero-order valence-electron chi connectivity index (χ0n) is 18.2. The van der Waals surface area contributed by atoms with Crippen LogP contribution in [0, 0.1) is 12.7 Å². The number of anilines is 1. The fourth-order valence-electron chi connectivity index (χ4n) is 3.42. The molecule has 6 nitrogen and oxygen atoms in total. The summed E-state index contributed by atoms with van der Waals surface area (Å²) in [6.45, 7) is 1.93. The Hall–Kier alpha value is -4.65. The van der Waals surface area contributed by atoms with Gasteiger partial charge < -0.3 is 10.1 Å². The van der Waals surface area contributed by atoms with Crippen LogP contribution in [0.3, 0.4) is 0 Å². The number of amides is 1. The molecular formula is C27H19FN4O2. The van der Waals surface area contributed by atoms with Gasteiger partial charge >= 0.3 is 0 Å². The first-order valence-corrected chi connectivity index (χ1v) is 10.6. The first kappa shape index (κ1) is 21.2. The highest BCUT2D eigenvalue weighted by atomic mass is 19.1. The summed E-state index contributed by atoms with van der Waals surface area (Å²) in [7, 11) is 0. The molecule has 0 aliphatic rings. The SMILES string of the molecule is Cc1ccc(-c2cnc3ccc(Oc4cccc(NC(=O)c5cccc(F)c5)c4)cc3n2)cn1. The Morgan fingerprint density at radius 1 is 0.853 bits per heavy atom. The summed E-state index contributed by atoms with van der Waals surface area (Å²) in [6.07, 6.45) is 3.50. The Morgan fingerprint density at radius 2 is 1.71 bits per heavy atom. The highest BCUT2D eigenvalue weighted by molar-refractivity contribution is 6.04. The zero-order valence-corrected chi connectivity index (χ0v) is 18.2. The minimum Gasteiger partial charge on any atom is -0.457 e. The average molecular weight is 450 g/mol. The monoisotopic (exact) mass is 450 g/mol. The van der Waals surface area contributed by atoms with Crippen LogP contribution < -0.4 is 10.1 Å². The number of aromatic nitrogens is 3. The van der Waals surface area contributed by atoms with Crippen molar-refractivity contribution in [2.75, 3.05) is 5.32 Å². The molecule has 2 aromatic heterocycles. The molecule has 166 valence electrons. The van der Waals surface area contributed by atoms with Gasteiger partial charge in [-0.15, -0.1) is 0 Å². The van der Waals surface area contributed by atoms with Crippen molar-refractivity contribution in [1.29, 1.82) is 0 Å². The van der Waals surface area contributed by atoms with Crippen molar-refractivity contribution in [3.05, 3.63) is 108 Å². The summed E-state index contributed by atoms with van der Waals surface area (Å²) in [4.78, 5) is 25.9. The number of hydrogen-bond acceptors (Lipinski definition) is 5. The van der Waals surface area contributed by atoms with Crippen LogP contribution >= 0.6 is 0 Å². The topological polar surface area (TPSA) is 77.0 Å². The minimum absolute atomic E-state index is 0.235. The molecule has 1 amide bonds. The first-order chi connectivity index (χ1) is 16.5. The Morgan fingerprint density at radius 3 is 2.53 bits per heavy atom. The fraction of sp³-hybridized carbons (Fsp3) is 0.0370. The lowest BCUT2D eigenvalue weighted by Gasteiger charge is -2.10. The molecule has 0 fully saturated rings. The van der Waals surface area contributed by atoms with Gasteiger partial charge in [0, 0.05) is 40.8 Å². The molecule has 0 bridgehead atoms. The van der Waals surface area contributed by atoms with Crippen LogP contribution in [0.1, 0.15) is 16.1 Å². The Labute approximate surface area is 195 Å². The quantitative estimate of drug-likeness (QED) is 0.346. The van der Waals surface area contributed by atoms with Gasteiger partial charge in [0.2, 0.25) is 0 Å². The van der Waals surface area contributed by atoms with Crippen molar-refractivity contribution in [2.45, 2.75) is 6.92 Å². The number of aryl methyl sites for hydroxylation is 1. The van der Waals surface area contributed by atoms with E-state index in [0.717, 1.165) is 22.5 Å². The maximum atomic E-state index is 13.4. The van der Waals surface area contributed by atoms with E-state index >= 15 is 0 Å². The summed E-state index contributed by atoms with van der Waals surface area (Å²) in [5.41, 5.74) is 4.73. The molecule has 5 aromatic rings. The molecule has 0 aliphatic heterocycles. The van der Waals surface area contributed by atoms with Crippen molar-refractivity contribution in [3.8, 4) is 22.8 Å². The number of carbonyl (C=O) groups excluding carboxylic acids is 1. The molecule has 3 aromatic carbocycles. The molecule has 0 saturated carbocycles. The Balaban J connectivity index is 1.36. The third kappa shape index (κ3) is 4.73. The second-order valence-corrected chi connectivity index (χ2v) is 7.69. The Kier molecular flexibility index (Phi) is 5.66. The van der Waals surface area contributed by atoms with Gasteiger partial charge in [0.05, 0.1) is 22.9 Å². The van der Waals surface area contributed by atoms with Crippen molar-refractivity contribution in [1.82, 2.24) is 15.0 Å². The molecule has 5 rings (SSSR count). The third-order valence-electron chi connectivity index (χ3n) is 5.14. The third-order valence-corrected chi connectivity index (χ3v) is 5.14. The second kappa shape index (κ2) is 9.07. The number of carbonyl (C=O) groups is 1. The van der Waals surface area contributed by atoms with Gasteiger partial charge in [0.15, 0.2) is 0 Å². The first-order valence-electron chi connectivity index (χ1n) is 10.6. The molecule has 0 aliphatic carbocycles. The van der Waals surface area contributed by atoms with Crippen LogP contribution in [-0.4, -0.2) is 20.9 Å². The van der Waals surface area contributed by atoms with Crippen LogP contribution in [0.25, 0.3) is 22.3 Å². The molecule has 7 heteroatoms. The number of rotatable bonds is 5. The number of pyridine rings is 1. The number of fused-ring (bicyclic) bond motifs is 1. The van der Waals surface area contributed by atoms with E-state index in [2.05, 4.69) is 15.3 Å². The number of halogens is 1. The molecule has 0 radical (unpaired) electrons. The normalized spacial score (nSPS) is 10.8. The molecule has 34 heavy (non-hydrogen) atoms. The predicted octanol–water partition coefficient (Wildman–Crippen LogP) is 6.18. The largest absolute Gasteiger partial charge is 0.457 e.